The Hall–Kier alpha value is -2.47. The van der Waals surface area contributed by atoms with Crippen molar-refractivity contribution in [3.63, 3.8) is 0 Å². The monoisotopic (exact) mass is 424 g/mol. The van der Waals surface area contributed by atoms with E-state index in [0.717, 1.165) is 62.9 Å². The van der Waals surface area contributed by atoms with Crippen molar-refractivity contribution in [2.75, 3.05) is 19.6 Å². The predicted molar refractivity (Wildman–Crippen MR) is 121 cm³/mol. The van der Waals surface area contributed by atoms with Crippen molar-refractivity contribution in [1.82, 2.24) is 20.0 Å². The van der Waals surface area contributed by atoms with Gasteiger partial charge in [0.25, 0.3) is 5.91 Å². The number of carbonyl (C=O) groups excluding carboxylic acids is 1. The van der Waals surface area contributed by atoms with Crippen molar-refractivity contribution in [2.24, 2.45) is 0 Å². The maximum absolute atomic E-state index is 13.9. The molecule has 1 fully saturated rings. The van der Waals surface area contributed by atoms with Crippen molar-refractivity contribution in [3.8, 4) is 0 Å². The molecule has 0 spiro atoms. The van der Waals surface area contributed by atoms with E-state index in [9.17, 15) is 9.18 Å². The van der Waals surface area contributed by atoms with E-state index < -0.39 is 0 Å². The minimum absolute atomic E-state index is 0.0768. The Morgan fingerprint density at radius 2 is 2.00 bits per heavy atom. The third-order valence-electron chi connectivity index (χ3n) is 6.53. The number of amides is 1. The largest absolute Gasteiger partial charge is 0.337 e. The lowest BCUT2D eigenvalue weighted by Gasteiger charge is -2.25. The predicted octanol–water partition coefficient (Wildman–Crippen LogP) is 3.91. The van der Waals surface area contributed by atoms with Crippen molar-refractivity contribution < 1.29 is 9.18 Å². The van der Waals surface area contributed by atoms with Crippen LogP contribution in [0.1, 0.15) is 59.4 Å². The van der Waals surface area contributed by atoms with E-state index in [4.69, 9.17) is 5.10 Å². The number of nitrogens with one attached hydrogen (secondary N) is 1. The molecule has 166 valence electrons. The van der Waals surface area contributed by atoms with Crippen LogP contribution in [0.5, 0.6) is 0 Å². The molecule has 31 heavy (non-hydrogen) atoms. The van der Waals surface area contributed by atoms with Crippen LogP contribution in [0.3, 0.4) is 0 Å². The number of likely N-dealkylation sites (tertiary alicyclic amines) is 1. The van der Waals surface area contributed by atoms with Gasteiger partial charge in [0.05, 0.1) is 6.54 Å². The molecule has 4 rings (SSSR count). The van der Waals surface area contributed by atoms with Crippen LogP contribution in [0.25, 0.3) is 0 Å². The minimum Gasteiger partial charge on any atom is -0.337 e. The third-order valence-corrected chi connectivity index (χ3v) is 6.53. The van der Waals surface area contributed by atoms with Gasteiger partial charge in [0.2, 0.25) is 0 Å². The van der Waals surface area contributed by atoms with Crippen molar-refractivity contribution >= 4 is 5.91 Å². The summed E-state index contributed by atoms with van der Waals surface area (Å²) >= 11 is 0. The Bertz CT molecular complexity index is 914. The van der Waals surface area contributed by atoms with Crippen molar-refractivity contribution in [2.45, 2.75) is 64.0 Å². The topological polar surface area (TPSA) is 50.2 Å². The highest BCUT2D eigenvalue weighted by Gasteiger charge is 2.31. The van der Waals surface area contributed by atoms with E-state index in [1.54, 1.807) is 6.07 Å². The van der Waals surface area contributed by atoms with Gasteiger partial charge in [-0.05, 0) is 56.7 Å². The number of nitrogens with zero attached hydrogens (tertiary/aromatic N) is 3. The summed E-state index contributed by atoms with van der Waals surface area (Å²) in [6.45, 7) is 6.85. The first kappa shape index (κ1) is 21.8. The fourth-order valence-electron chi connectivity index (χ4n) is 4.84. The van der Waals surface area contributed by atoms with E-state index in [2.05, 4.69) is 11.9 Å². The Morgan fingerprint density at radius 1 is 1.23 bits per heavy atom. The SMILES string of the molecule is C=CCn1nc(C(=O)N2CCCCCC2)c2c1CC[C@H](NCCc1ccccc1F)C2. The fraction of sp³-hybridized carbons (Fsp3) is 0.520. The van der Waals surface area contributed by atoms with Crippen LogP contribution < -0.4 is 5.32 Å². The van der Waals surface area contributed by atoms with Crippen LogP contribution in [0.2, 0.25) is 0 Å². The number of hydrogen-bond acceptors (Lipinski definition) is 3. The maximum Gasteiger partial charge on any atom is 0.274 e. The summed E-state index contributed by atoms with van der Waals surface area (Å²) in [4.78, 5) is 15.3. The molecule has 0 bridgehead atoms. The first-order valence-corrected chi connectivity index (χ1v) is 11.6. The summed E-state index contributed by atoms with van der Waals surface area (Å²) in [7, 11) is 0. The normalized spacial score (nSPS) is 19.0. The summed E-state index contributed by atoms with van der Waals surface area (Å²) in [5.74, 6) is -0.0702. The molecule has 0 radical (unpaired) electrons. The molecule has 1 aromatic carbocycles. The highest BCUT2D eigenvalue weighted by molar-refractivity contribution is 5.94. The number of hydrogen-bond donors (Lipinski definition) is 1. The molecule has 2 aromatic rings. The zero-order chi connectivity index (χ0) is 21.6. The number of benzene rings is 1. The smallest absolute Gasteiger partial charge is 0.274 e. The Labute approximate surface area is 184 Å². The van der Waals surface area contributed by atoms with E-state index in [1.807, 2.05) is 27.8 Å². The zero-order valence-corrected chi connectivity index (χ0v) is 18.3. The van der Waals surface area contributed by atoms with Crippen molar-refractivity contribution in [1.29, 1.82) is 0 Å². The summed E-state index contributed by atoms with van der Waals surface area (Å²) in [5, 5.41) is 8.32. The van der Waals surface area contributed by atoms with Crippen LogP contribution in [-0.4, -0.2) is 46.3 Å². The molecule has 1 saturated heterocycles. The third kappa shape index (κ3) is 5.06. The molecule has 6 heteroatoms. The highest BCUT2D eigenvalue weighted by atomic mass is 19.1. The minimum atomic E-state index is -0.147. The first-order chi connectivity index (χ1) is 15.2. The number of aromatic nitrogens is 2. The molecule has 0 saturated carbocycles. The Balaban J connectivity index is 1.46. The average Bonchev–Trinajstić information content (AvgIpc) is 2.94. The number of halogens is 1. The molecular weight excluding hydrogens is 391 g/mol. The first-order valence-electron chi connectivity index (χ1n) is 11.6. The van der Waals surface area contributed by atoms with Crippen LogP contribution in [0.15, 0.2) is 36.9 Å². The van der Waals surface area contributed by atoms with Gasteiger partial charge < -0.3 is 10.2 Å². The second-order valence-electron chi connectivity index (χ2n) is 8.69. The molecule has 1 aliphatic carbocycles. The van der Waals surface area contributed by atoms with Crippen LogP contribution in [-0.2, 0) is 25.8 Å². The summed E-state index contributed by atoms with van der Waals surface area (Å²) in [6, 6.07) is 7.22. The van der Waals surface area contributed by atoms with Gasteiger partial charge >= 0.3 is 0 Å². The van der Waals surface area contributed by atoms with Crippen LogP contribution >= 0.6 is 0 Å². The van der Waals surface area contributed by atoms with Crippen LogP contribution in [0.4, 0.5) is 4.39 Å². The van der Waals surface area contributed by atoms with E-state index >= 15 is 0 Å². The number of carbonyl (C=O) groups is 1. The molecule has 1 aromatic heterocycles. The van der Waals surface area contributed by atoms with Gasteiger partial charge in [0, 0.05) is 30.4 Å². The average molecular weight is 425 g/mol. The lowest BCUT2D eigenvalue weighted by atomic mass is 9.91. The molecule has 1 aliphatic heterocycles. The van der Waals surface area contributed by atoms with Gasteiger partial charge in [-0.15, -0.1) is 6.58 Å². The molecule has 2 heterocycles. The second-order valence-corrected chi connectivity index (χ2v) is 8.69. The molecule has 5 nitrogen and oxygen atoms in total. The summed E-state index contributed by atoms with van der Waals surface area (Å²) in [5.41, 5.74) is 3.62. The van der Waals surface area contributed by atoms with E-state index in [-0.39, 0.29) is 17.8 Å². The highest BCUT2D eigenvalue weighted by Crippen LogP contribution is 2.27. The lowest BCUT2D eigenvalue weighted by molar-refractivity contribution is 0.0753. The van der Waals surface area contributed by atoms with Gasteiger partial charge in [-0.2, -0.15) is 5.10 Å². The van der Waals surface area contributed by atoms with Gasteiger partial charge in [-0.3, -0.25) is 9.48 Å². The standard InChI is InChI=1S/C25H33FN4O/c1-2-15-30-23-12-11-20(27-14-13-19-9-5-6-10-22(19)26)18-21(23)24(28-30)25(31)29-16-7-3-4-8-17-29/h2,5-6,9-10,20,27H,1,3-4,7-8,11-18H2/t20-/m0/s1. The molecule has 0 unspecified atom stereocenters. The van der Waals surface area contributed by atoms with E-state index in [1.165, 1.54) is 24.6 Å². The zero-order valence-electron chi connectivity index (χ0n) is 18.3. The van der Waals surface area contributed by atoms with Gasteiger partial charge in [-0.1, -0.05) is 37.1 Å². The Morgan fingerprint density at radius 3 is 2.74 bits per heavy atom. The van der Waals surface area contributed by atoms with Gasteiger partial charge in [0.1, 0.15) is 5.82 Å². The Kier molecular flexibility index (Phi) is 7.17. The number of allylic oxidation sites excluding steroid dienone is 1. The summed E-state index contributed by atoms with van der Waals surface area (Å²) in [6.07, 6.45) is 9.70. The van der Waals surface area contributed by atoms with Gasteiger partial charge in [-0.25, -0.2) is 4.39 Å². The molecule has 1 N–H and O–H groups in total. The molecule has 1 amide bonds. The molecular formula is C25H33FN4O. The molecule has 2 aliphatic rings. The number of rotatable bonds is 7. The fourth-order valence-corrected chi connectivity index (χ4v) is 4.84. The summed E-state index contributed by atoms with van der Waals surface area (Å²) < 4.78 is 15.8. The van der Waals surface area contributed by atoms with Gasteiger partial charge in [0.15, 0.2) is 5.69 Å². The van der Waals surface area contributed by atoms with Crippen LogP contribution in [0, 0.1) is 5.82 Å². The number of fused-ring (bicyclic) bond motifs is 1. The maximum atomic E-state index is 13.9. The van der Waals surface area contributed by atoms with E-state index in [0.29, 0.717) is 18.7 Å². The quantitative estimate of drug-likeness (QED) is 0.686. The molecule has 1 atom stereocenters. The second kappa shape index (κ2) is 10.2. The lowest BCUT2D eigenvalue weighted by Crippen LogP contribution is -2.37. The van der Waals surface area contributed by atoms with Crippen molar-refractivity contribution in [3.05, 3.63) is 65.3 Å².